The van der Waals surface area contributed by atoms with E-state index in [2.05, 4.69) is 22.3 Å². The maximum atomic E-state index is 12.7. The molecule has 0 saturated carbocycles. The molecule has 1 saturated heterocycles. The molecule has 1 atom stereocenters. The summed E-state index contributed by atoms with van der Waals surface area (Å²) in [5.74, 6) is -0.372. The second kappa shape index (κ2) is 10.5. The first kappa shape index (κ1) is 23.6. The van der Waals surface area contributed by atoms with Gasteiger partial charge in [0.25, 0.3) is 0 Å². The molecule has 1 heterocycles. The van der Waals surface area contributed by atoms with Gasteiger partial charge in [0.2, 0.25) is 15.9 Å². The number of nitrogens with zero attached hydrogens (tertiary/aromatic N) is 2. The first-order chi connectivity index (χ1) is 14.7. The number of benzene rings is 2. The molecule has 31 heavy (non-hydrogen) atoms. The van der Waals surface area contributed by atoms with Gasteiger partial charge in [-0.3, -0.25) is 14.0 Å². The first-order valence-corrected chi connectivity index (χ1v) is 12.8. The van der Waals surface area contributed by atoms with Crippen molar-refractivity contribution >= 4 is 33.2 Å². The van der Waals surface area contributed by atoms with Crippen molar-refractivity contribution in [1.82, 2.24) is 10.2 Å². The zero-order chi connectivity index (χ0) is 22.4. The van der Waals surface area contributed by atoms with E-state index < -0.39 is 16.1 Å². The summed E-state index contributed by atoms with van der Waals surface area (Å²) in [6.07, 6.45) is 4.93. The van der Waals surface area contributed by atoms with Gasteiger partial charge >= 0.3 is 0 Å². The minimum Gasteiger partial charge on any atom is -0.350 e. The molecule has 1 aliphatic heterocycles. The number of amides is 1. The number of likely N-dealkylation sites (tertiary alicyclic amines) is 1. The predicted octanol–water partition coefficient (Wildman–Crippen LogP) is 3.80. The second-order valence-corrected chi connectivity index (χ2v) is 10.4. The molecule has 1 fully saturated rings. The van der Waals surface area contributed by atoms with Crippen LogP contribution in [0.15, 0.2) is 48.5 Å². The van der Waals surface area contributed by atoms with Crippen LogP contribution in [0.3, 0.4) is 0 Å². The number of hydrogen-bond acceptors (Lipinski definition) is 4. The Morgan fingerprint density at radius 3 is 2.35 bits per heavy atom. The van der Waals surface area contributed by atoms with Crippen LogP contribution in [0, 0.1) is 0 Å². The van der Waals surface area contributed by atoms with E-state index in [9.17, 15) is 13.2 Å². The number of halogens is 1. The molecule has 168 valence electrons. The van der Waals surface area contributed by atoms with Crippen molar-refractivity contribution in [1.29, 1.82) is 0 Å². The Bertz CT molecular complexity index is 989. The highest BCUT2D eigenvalue weighted by atomic mass is 35.5. The van der Waals surface area contributed by atoms with Crippen LogP contribution in [0.5, 0.6) is 0 Å². The summed E-state index contributed by atoms with van der Waals surface area (Å²) in [5.41, 5.74) is 2.59. The third-order valence-electron chi connectivity index (χ3n) is 5.50. The third kappa shape index (κ3) is 6.69. The topological polar surface area (TPSA) is 69.7 Å². The maximum Gasteiger partial charge on any atom is 0.243 e. The van der Waals surface area contributed by atoms with Crippen LogP contribution in [0.2, 0.25) is 5.02 Å². The summed E-state index contributed by atoms with van der Waals surface area (Å²) < 4.78 is 25.8. The number of hydrogen-bond donors (Lipinski definition) is 1. The van der Waals surface area contributed by atoms with Crippen molar-refractivity contribution in [2.75, 3.05) is 23.7 Å². The fraction of sp³-hybridized carbons (Fsp3) is 0.435. The SMILES string of the molecule is CC(C(=O)NCc1ccc(CN2CCCCC2)cc1)N(c1cccc(Cl)c1)S(C)(=O)=O. The van der Waals surface area contributed by atoms with Gasteiger partial charge in [0.15, 0.2) is 0 Å². The van der Waals surface area contributed by atoms with Gasteiger partial charge in [-0.1, -0.05) is 48.4 Å². The highest BCUT2D eigenvalue weighted by molar-refractivity contribution is 7.92. The minimum atomic E-state index is -3.67. The molecule has 2 aromatic carbocycles. The van der Waals surface area contributed by atoms with Crippen LogP contribution < -0.4 is 9.62 Å². The van der Waals surface area contributed by atoms with Crippen molar-refractivity contribution in [3.63, 3.8) is 0 Å². The molecule has 1 aliphatic rings. The molecule has 0 radical (unpaired) electrons. The average Bonchev–Trinajstić information content (AvgIpc) is 2.73. The maximum absolute atomic E-state index is 12.7. The zero-order valence-electron chi connectivity index (χ0n) is 18.1. The van der Waals surface area contributed by atoms with Crippen molar-refractivity contribution in [3.8, 4) is 0 Å². The number of nitrogens with one attached hydrogen (secondary N) is 1. The van der Waals surface area contributed by atoms with E-state index in [0.29, 0.717) is 17.3 Å². The summed E-state index contributed by atoms with van der Waals surface area (Å²) >= 11 is 6.01. The summed E-state index contributed by atoms with van der Waals surface area (Å²) in [6.45, 7) is 5.16. The lowest BCUT2D eigenvalue weighted by Crippen LogP contribution is -2.47. The van der Waals surface area contributed by atoms with E-state index in [1.54, 1.807) is 25.1 Å². The Hall–Kier alpha value is -2.09. The van der Waals surface area contributed by atoms with Gasteiger partial charge in [-0.25, -0.2) is 8.42 Å². The molecule has 1 N–H and O–H groups in total. The highest BCUT2D eigenvalue weighted by Crippen LogP contribution is 2.24. The number of sulfonamides is 1. The van der Waals surface area contributed by atoms with Gasteiger partial charge in [-0.15, -0.1) is 0 Å². The van der Waals surface area contributed by atoms with Crippen LogP contribution in [-0.4, -0.2) is 44.6 Å². The lowest BCUT2D eigenvalue weighted by atomic mass is 10.1. The Balaban J connectivity index is 1.60. The minimum absolute atomic E-state index is 0.334. The molecule has 0 bridgehead atoms. The molecular weight excluding hydrogens is 434 g/mol. The summed E-state index contributed by atoms with van der Waals surface area (Å²) in [6, 6.07) is 13.8. The molecule has 0 aliphatic carbocycles. The first-order valence-electron chi connectivity index (χ1n) is 10.6. The van der Waals surface area contributed by atoms with Crippen LogP contribution in [-0.2, 0) is 27.9 Å². The van der Waals surface area contributed by atoms with Gasteiger partial charge < -0.3 is 5.32 Å². The van der Waals surface area contributed by atoms with Crippen LogP contribution in [0.25, 0.3) is 0 Å². The molecule has 0 aromatic heterocycles. The normalized spacial score (nSPS) is 16.0. The van der Waals surface area contributed by atoms with Gasteiger partial charge in [-0.05, 0) is 62.2 Å². The fourth-order valence-electron chi connectivity index (χ4n) is 3.90. The zero-order valence-corrected chi connectivity index (χ0v) is 19.6. The largest absolute Gasteiger partial charge is 0.350 e. The summed E-state index contributed by atoms with van der Waals surface area (Å²) in [7, 11) is -3.67. The monoisotopic (exact) mass is 463 g/mol. The van der Waals surface area contributed by atoms with Crippen molar-refractivity contribution in [2.24, 2.45) is 0 Å². The molecule has 3 rings (SSSR count). The lowest BCUT2D eigenvalue weighted by molar-refractivity contribution is -0.122. The smallest absolute Gasteiger partial charge is 0.243 e. The van der Waals surface area contributed by atoms with Gasteiger partial charge in [0.05, 0.1) is 11.9 Å². The van der Waals surface area contributed by atoms with E-state index in [4.69, 9.17) is 11.6 Å². The Labute approximate surface area is 190 Å². The molecule has 1 amide bonds. The van der Waals surface area contributed by atoms with Crippen molar-refractivity contribution in [2.45, 2.75) is 45.3 Å². The van der Waals surface area contributed by atoms with E-state index in [0.717, 1.165) is 35.8 Å². The van der Waals surface area contributed by atoms with E-state index in [1.165, 1.54) is 30.9 Å². The Kier molecular flexibility index (Phi) is 7.97. The number of piperidine rings is 1. The molecule has 8 heteroatoms. The number of carbonyl (C=O) groups is 1. The number of anilines is 1. The molecular formula is C23H30ClN3O3S. The Morgan fingerprint density at radius 1 is 1.10 bits per heavy atom. The van der Waals surface area contributed by atoms with E-state index in [-0.39, 0.29) is 5.91 Å². The summed E-state index contributed by atoms with van der Waals surface area (Å²) in [4.78, 5) is 15.2. The molecule has 2 aromatic rings. The third-order valence-corrected chi connectivity index (χ3v) is 6.97. The van der Waals surface area contributed by atoms with Crippen molar-refractivity contribution in [3.05, 3.63) is 64.7 Å². The second-order valence-electron chi connectivity index (χ2n) is 8.09. The van der Waals surface area contributed by atoms with Gasteiger partial charge in [0.1, 0.15) is 6.04 Å². The van der Waals surface area contributed by atoms with Crippen LogP contribution >= 0.6 is 11.6 Å². The van der Waals surface area contributed by atoms with Gasteiger partial charge in [0, 0.05) is 18.1 Å². The highest BCUT2D eigenvalue weighted by Gasteiger charge is 2.29. The Morgan fingerprint density at radius 2 is 1.74 bits per heavy atom. The van der Waals surface area contributed by atoms with Crippen LogP contribution in [0.1, 0.15) is 37.3 Å². The quantitative estimate of drug-likeness (QED) is 0.646. The van der Waals surface area contributed by atoms with Gasteiger partial charge in [-0.2, -0.15) is 0 Å². The van der Waals surface area contributed by atoms with E-state index >= 15 is 0 Å². The standard InChI is InChI=1S/C23H30ClN3O3S/c1-18(27(31(2,29)30)22-8-6-7-21(24)15-22)23(28)25-16-19-9-11-20(12-10-19)17-26-13-4-3-5-14-26/h6-12,15,18H,3-5,13-14,16-17H2,1-2H3,(H,25,28). The van der Waals surface area contributed by atoms with E-state index in [1.807, 2.05) is 12.1 Å². The van der Waals surface area contributed by atoms with Crippen molar-refractivity contribution < 1.29 is 13.2 Å². The number of rotatable bonds is 8. The predicted molar refractivity (Wildman–Crippen MR) is 126 cm³/mol. The lowest BCUT2D eigenvalue weighted by Gasteiger charge is -2.28. The fourth-order valence-corrected chi connectivity index (χ4v) is 5.25. The van der Waals surface area contributed by atoms with Crippen LogP contribution in [0.4, 0.5) is 5.69 Å². The molecule has 6 nitrogen and oxygen atoms in total. The molecule has 1 unspecified atom stereocenters. The molecule has 0 spiro atoms. The summed E-state index contributed by atoms with van der Waals surface area (Å²) in [5, 5.41) is 3.25. The number of carbonyl (C=O) groups excluding carboxylic acids is 1. The average molecular weight is 464 g/mol.